The zero-order valence-electron chi connectivity index (χ0n) is 29.3. The molecule has 0 saturated heterocycles. The van der Waals surface area contributed by atoms with Crippen molar-refractivity contribution in [3.8, 4) is 11.5 Å². The van der Waals surface area contributed by atoms with Crippen molar-refractivity contribution in [3.63, 3.8) is 0 Å². The number of anilines is 4. The lowest BCUT2D eigenvalue weighted by Gasteiger charge is -2.18. The predicted octanol–water partition coefficient (Wildman–Crippen LogP) is 3.02. The molecule has 6 rings (SSSR count). The summed E-state index contributed by atoms with van der Waals surface area (Å²) in [4.78, 5) is 36.3. The number of urea groups is 1. The lowest BCUT2D eigenvalue weighted by molar-refractivity contribution is 0.105. The van der Waals surface area contributed by atoms with Crippen molar-refractivity contribution in [2.24, 2.45) is 10.2 Å². The summed E-state index contributed by atoms with van der Waals surface area (Å²) in [6, 6.07) is 10.9. The third kappa shape index (κ3) is 9.06. The van der Waals surface area contributed by atoms with E-state index in [2.05, 4.69) is 31.7 Å². The van der Waals surface area contributed by atoms with Gasteiger partial charge in [0.2, 0.25) is 11.6 Å². The number of Topliss-reactive ketones (excluding diaryl/α,β-unsaturated/α-hetero) is 2. The summed E-state index contributed by atoms with van der Waals surface area (Å²) in [6.45, 7) is 0. The van der Waals surface area contributed by atoms with Crippen LogP contribution in [-0.4, -0.2) is 91.1 Å². The van der Waals surface area contributed by atoms with Gasteiger partial charge in [-0.2, -0.15) is 43.9 Å². The van der Waals surface area contributed by atoms with Crippen molar-refractivity contribution < 1.29 is 76.5 Å². The number of hydrogen-bond acceptors (Lipinski definition) is 17. The van der Waals surface area contributed by atoms with Gasteiger partial charge in [0.15, 0.2) is 11.4 Å². The minimum Gasteiger partial charge on any atom is -0.506 e. The molecule has 0 aromatic heterocycles. The van der Waals surface area contributed by atoms with Crippen LogP contribution in [-0.2, 0) is 40.5 Å². The van der Waals surface area contributed by atoms with E-state index in [1.54, 1.807) is 0 Å². The molecule has 0 heterocycles. The van der Waals surface area contributed by atoms with Crippen LogP contribution < -0.4 is 21.5 Å². The van der Waals surface area contributed by atoms with E-state index < -0.39 is 112 Å². The number of benzene rings is 4. The number of ketones is 2. The molecule has 0 spiro atoms. The van der Waals surface area contributed by atoms with E-state index >= 15 is 0 Å². The maximum Gasteiger partial charge on any atom is 0.323 e. The first-order valence-electron chi connectivity index (χ1n) is 15.9. The first kappa shape index (κ1) is 42.7. The number of hydrogen-bond donors (Lipinski definition) is 10. The van der Waals surface area contributed by atoms with Crippen molar-refractivity contribution in [3.05, 3.63) is 105 Å². The lowest BCUT2D eigenvalue weighted by atomic mass is 9.94. The number of hydrazone groups is 2. The molecule has 27 heteroatoms. The number of carbonyl (C=O) groups excluding carboxylic acids is 3. The van der Waals surface area contributed by atoms with Crippen molar-refractivity contribution in [2.45, 2.75) is 9.79 Å². The fraction of sp³-hybridized carbons (Fsp3) is 0. The summed E-state index contributed by atoms with van der Waals surface area (Å²) < 4.78 is 134. The zero-order valence-corrected chi connectivity index (χ0v) is 32.6. The van der Waals surface area contributed by atoms with E-state index in [-0.39, 0.29) is 33.6 Å². The summed E-state index contributed by atoms with van der Waals surface area (Å²) in [6.07, 6.45) is 1.66. The summed E-state index contributed by atoms with van der Waals surface area (Å²) in [5.41, 5.74) is 0.783. The third-order valence-electron chi connectivity index (χ3n) is 8.24. The zero-order chi connectivity index (χ0) is 44.1. The highest BCUT2D eigenvalue weighted by Gasteiger charge is 2.35. The molecule has 0 bridgehead atoms. The van der Waals surface area contributed by atoms with Crippen molar-refractivity contribution >= 4 is 104 Å². The van der Waals surface area contributed by atoms with E-state index in [4.69, 9.17) is 0 Å². The summed E-state index contributed by atoms with van der Waals surface area (Å²) >= 11 is 0. The van der Waals surface area contributed by atoms with E-state index in [1.165, 1.54) is 12.1 Å². The minimum atomic E-state index is -5.19. The molecule has 10 N–H and O–H groups in total. The van der Waals surface area contributed by atoms with Crippen LogP contribution in [0.15, 0.2) is 103 Å². The van der Waals surface area contributed by atoms with Crippen LogP contribution in [0.1, 0.15) is 31.8 Å². The number of phenolic OH excluding ortho intramolecular Hbond substituents is 2. The van der Waals surface area contributed by atoms with Crippen LogP contribution in [0.4, 0.5) is 27.5 Å². The molecule has 4 aromatic rings. The fourth-order valence-corrected chi connectivity index (χ4v) is 7.82. The molecule has 2 aliphatic rings. The molecule has 2 aliphatic carbocycles. The molecule has 0 radical (unpaired) electrons. The first-order chi connectivity index (χ1) is 27.8. The molecule has 60 heavy (non-hydrogen) atoms. The van der Waals surface area contributed by atoms with Gasteiger partial charge in [-0.3, -0.25) is 38.7 Å². The summed E-state index contributed by atoms with van der Waals surface area (Å²) in [5.74, 6) is -3.40. The van der Waals surface area contributed by atoms with Crippen LogP contribution in [0.3, 0.4) is 0 Å². The smallest absolute Gasteiger partial charge is 0.323 e. The number of fused-ring (bicyclic) bond motifs is 2. The predicted molar refractivity (Wildman–Crippen MR) is 211 cm³/mol. The fourth-order valence-electron chi connectivity index (χ4n) is 5.49. The SMILES string of the molecule is O=C(Nc1ccc2c(c1)C=C(S(=O)(=O)O)C(=NNc1cc(S(=O)(=O)O)ccc1O)C2=O)Nc1ccc2c(c1)C=C(S(=O)(=O)O)C(=NNc1cc(S(=O)(=O)O)ccc1O)C2=O. The van der Waals surface area contributed by atoms with Crippen molar-refractivity contribution in [1.82, 2.24) is 0 Å². The summed E-state index contributed by atoms with van der Waals surface area (Å²) in [5, 5.41) is 32.3. The van der Waals surface area contributed by atoms with E-state index in [1.807, 2.05) is 0 Å². The van der Waals surface area contributed by atoms with Gasteiger partial charge >= 0.3 is 6.03 Å². The van der Waals surface area contributed by atoms with Gasteiger partial charge in [-0.1, -0.05) is 0 Å². The lowest BCUT2D eigenvalue weighted by Crippen LogP contribution is -2.27. The maximum atomic E-state index is 13.4. The molecule has 23 nitrogen and oxygen atoms in total. The second-order valence-electron chi connectivity index (χ2n) is 12.3. The monoisotopic (exact) mass is 904 g/mol. The molecule has 2 amide bonds. The molecular weight excluding hydrogens is 881 g/mol. The Morgan fingerprint density at radius 1 is 0.500 bits per heavy atom. The van der Waals surface area contributed by atoms with Crippen molar-refractivity contribution in [2.75, 3.05) is 21.5 Å². The number of nitrogens with zero attached hydrogens (tertiary/aromatic N) is 2. The highest BCUT2D eigenvalue weighted by molar-refractivity contribution is 7.91. The second-order valence-corrected chi connectivity index (χ2v) is 17.9. The molecule has 4 aromatic carbocycles. The van der Waals surface area contributed by atoms with Crippen LogP contribution in [0.25, 0.3) is 12.2 Å². The van der Waals surface area contributed by atoms with Crippen LogP contribution in [0.2, 0.25) is 0 Å². The number of allylic oxidation sites excluding steroid dienone is 2. The molecular formula is C33H24N6O17S4. The number of carbonyl (C=O) groups is 3. The Kier molecular flexibility index (Phi) is 11.0. The Morgan fingerprint density at radius 3 is 1.20 bits per heavy atom. The van der Waals surface area contributed by atoms with Gasteiger partial charge in [-0.05, 0) is 96.1 Å². The number of rotatable bonds is 10. The van der Waals surface area contributed by atoms with Gasteiger partial charge in [0.05, 0.1) is 21.2 Å². The molecule has 0 saturated carbocycles. The standard InChI is InChI=1S/C33H24N6O17S4/c40-25-7-3-19(57(45,46)47)13-23(25)36-38-29-27(59(51,52)53)11-15-9-17(1-5-21(15)31(29)42)34-33(44)35-18-2-6-22-16(10-18)12-28(60(54,55)56)30(32(22)43)39-37-24-14-20(58(48,49)50)4-8-26(24)41/h1-14,36-37,40-41H,(H2,34,35,44)(H,45,46,47)(H,48,49,50)(H,51,52,53)(H,54,55,56). The number of aromatic hydroxyl groups is 2. The van der Waals surface area contributed by atoms with Gasteiger partial charge in [0.1, 0.15) is 21.3 Å². The molecule has 0 unspecified atom stereocenters. The number of nitrogens with one attached hydrogen (secondary N) is 4. The molecule has 0 fully saturated rings. The molecule has 0 atom stereocenters. The maximum absolute atomic E-state index is 13.4. The quantitative estimate of drug-likeness (QED) is 0.0621. The second kappa shape index (κ2) is 15.4. The Bertz CT molecular complexity index is 2970. The van der Waals surface area contributed by atoms with Gasteiger partial charge in [0.25, 0.3) is 40.5 Å². The Hall–Kier alpha value is -6.85. The van der Waals surface area contributed by atoms with E-state index in [9.17, 15) is 76.5 Å². The number of amides is 2. The van der Waals surface area contributed by atoms with Gasteiger partial charge in [-0.25, -0.2) is 4.79 Å². The van der Waals surface area contributed by atoms with Gasteiger partial charge < -0.3 is 20.8 Å². The normalized spacial score (nSPS) is 15.7. The average Bonchev–Trinajstić information content (AvgIpc) is 3.13. The molecule has 0 aliphatic heterocycles. The largest absolute Gasteiger partial charge is 0.506 e. The highest BCUT2D eigenvalue weighted by Crippen LogP contribution is 2.32. The van der Waals surface area contributed by atoms with E-state index in [0.29, 0.717) is 0 Å². The van der Waals surface area contributed by atoms with Crippen molar-refractivity contribution in [1.29, 1.82) is 0 Å². The highest BCUT2D eigenvalue weighted by atomic mass is 32.2. The Morgan fingerprint density at radius 2 is 0.867 bits per heavy atom. The average molecular weight is 905 g/mol. The number of phenols is 2. The Labute approximate surface area is 337 Å². The Balaban J connectivity index is 1.23. The van der Waals surface area contributed by atoms with Gasteiger partial charge in [0, 0.05) is 22.5 Å². The van der Waals surface area contributed by atoms with Gasteiger partial charge in [-0.15, -0.1) is 0 Å². The third-order valence-corrected chi connectivity index (χ3v) is 11.7. The summed E-state index contributed by atoms with van der Waals surface area (Å²) in [7, 11) is -19.9. The van der Waals surface area contributed by atoms with Crippen LogP contribution >= 0.6 is 0 Å². The topological polar surface area (TPSA) is 382 Å². The first-order valence-corrected chi connectivity index (χ1v) is 21.7. The van der Waals surface area contributed by atoms with Crippen LogP contribution in [0, 0.1) is 0 Å². The van der Waals surface area contributed by atoms with Crippen LogP contribution in [0.5, 0.6) is 11.5 Å². The minimum absolute atomic E-state index is 0.0429. The van der Waals surface area contributed by atoms with E-state index in [0.717, 1.165) is 72.8 Å². The molecule has 312 valence electrons.